The SMILES string of the molecule is COC(=O)[C@]12C[C@H]1[C@@](C)(c1cc(/C=C(\F)c3ccc(Cl)cn3)ccc1F)N=C(N(COCC[Si](C)(C)C)C(=O)OC(C)(C)C)S2.COC(=O)[C@]12C[C@H]1[C@@](C)(c1cc(/C=C(\F)c3ccc(Cl)cn3)ccc1F)N=C(N)S2.COC(=O)[C@]12C[C@H]1[C@@](C)(c1cc(C=O)ccc1F)N=C(N(COCC[Si](C)(C)C)C(=O)OC(C)(C)C)S2.O=S(=O)(O)O.O=S(=O)(c1nc2ccccc2s1)C(F)c1ccc(Cl)cn1. The van der Waals surface area contributed by atoms with Gasteiger partial charge in [0.15, 0.2) is 15.5 Å². The van der Waals surface area contributed by atoms with Crippen LogP contribution in [0.5, 0.6) is 0 Å². The Labute approximate surface area is 829 Å². The largest absolute Gasteiger partial charge is 0.468 e. The zero-order valence-corrected chi connectivity index (χ0v) is 87.6. The van der Waals surface area contributed by atoms with E-state index in [2.05, 4.69) is 64.2 Å². The molecule has 0 radical (unpaired) electrons. The van der Waals surface area contributed by atoms with E-state index in [9.17, 15) is 50.4 Å². The van der Waals surface area contributed by atoms with Crippen molar-refractivity contribution in [2.24, 2.45) is 38.5 Å². The van der Waals surface area contributed by atoms with Crippen molar-refractivity contribution in [3.05, 3.63) is 217 Å². The molecule has 6 aliphatic rings. The van der Waals surface area contributed by atoms with Gasteiger partial charge in [0.05, 0.1) is 80.3 Å². The number of hydrogen-bond acceptors (Lipinski definition) is 29. The number of hydrogen-bond donors (Lipinski definition) is 3. The zero-order valence-electron chi connectivity index (χ0n) is 78.4. The number of nitrogens with zero attached hydrogens (tertiary/aromatic N) is 9. The van der Waals surface area contributed by atoms with Crippen molar-refractivity contribution in [2.75, 3.05) is 48.0 Å². The fraction of sp³-hybridized carbons (Fsp3) is 0.424. The number of methoxy groups -OCH3 is 3. The van der Waals surface area contributed by atoms with Gasteiger partial charge in [-0.25, -0.2) is 59.1 Å². The van der Waals surface area contributed by atoms with Crippen LogP contribution in [0.3, 0.4) is 0 Å². The number of thioether (sulfide) groups is 3. The van der Waals surface area contributed by atoms with E-state index in [0.29, 0.717) is 75.2 Å². The van der Waals surface area contributed by atoms with Gasteiger partial charge in [-0.1, -0.05) is 134 Å². The van der Waals surface area contributed by atoms with Crippen molar-refractivity contribution in [3.63, 3.8) is 0 Å². The molecule has 8 aromatic rings. The zero-order chi connectivity index (χ0) is 102. The summed E-state index contributed by atoms with van der Waals surface area (Å²) in [6, 6.07) is 29.8. The number of pyridine rings is 3. The van der Waals surface area contributed by atoms with Gasteiger partial charge in [-0.15, -0.1) is 11.3 Å². The quantitative estimate of drug-likeness (QED) is 0.00739. The molecule has 0 saturated heterocycles. The Morgan fingerprint density at radius 3 is 1.26 bits per heavy atom. The van der Waals surface area contributed by atoms with Crippen LogP contribution in [0.4, 0.5) is 35.9 Å². The number of aldehydes is 1. The Kier molecular flexibility index (Phi) is 35.1. The Balaban J connectivity index is 0.000000192. The number of para-hydroxylation sites is 1. The molecule has 46 heteroatoms. The number of amidine groups is 3. The van der Waals surface area contributed by atoms with Crippen molar-refractivity contribution < 1.29 is 114 Å². The smallest absolute Gasteiger partial charge is 0.418 e. The lowest BCUT2D eigenvalue weighted by molar-refractivity contribution is -0.142. The van der Waals surface area contributed by atoms with E-state index < -0.39 is 155 Å². The summed E-state index contributed by atoms with van der Waals surface area (Å²) in [6.45, 7) is 29.6. The van der Waals surface area contributed by atoms with Crippen LogP contribution in [0.25, 0.3) is 34.0 Å². The summed E-state index contributed by atoms with van der Waals surface area (Å²) in [7, 11) is -7.80. The van der Waals surface area contributed by atoms with Crippen LogP contribution in [0.2, 0.25) is 66.4 Å². The summed E-state index contributed by atoms with van der Waals surface area (Å²) in [6.07, 6.45) is 6.79. The normalized spacial score (nSPS) is 22.8. The van der Waals surface area contributed by atoms with Crippen LogP contribution in [-0.2, 0) is 84.4 Å². The highest BCUT2D eigenvalue weighted by molar-refractivity contribution is 8.16. The van der Waals surface area contributed by atoms with Gasteiger partial charge in [0.1, 0.15) is 74.3 Å². The highest BCUT2D eigenvalue weighted by atomic mass is 35.5. The highest BCUT2D eigenvalue weighted by Gasteiger charge is 2.75. The molecule has 4 aromatic carbocycles. The Bertz CT molecular complexity index is 6280. The monoisotopic (exact) mass is 2120 g/mol. The first kappa shape index (κ1) is 111. The van der Waals surface area contributed by atoms with Gasteiger partial charge in [0, 0.05) is 88.0 Å². The number of esters is 3. The van der Waals surface area contributed by atoms with Crippen molar-refractivity contribution in [1.29, 1.82) is 0 Å². The topological polar surface area (TPSA) is 397 Å². The summed E-state index contributed by atoms with van der Waals surface area (Å²) in [5.41, 5.74) is 0.606. The number of carbonyl (C=O) groups is 6. The molecule has 10 atom stereocenters. The standard InChI is InChI=1S/C32H40ClF2N3O5SSi.C26H37FN2O6SSi.C21H18ClF2N3O2S.C13H8ClFN2O2S2.H2O4S/c1-30(2,3)43-29(40)38(19-42-13-14-45(6,7)8)28-37-31(4,26-17-32(26,44-28)27(39)41-5)22-15-20(9-11-23(22)34)16-24(35)25-12-10-21(33)18-36-25;1-24(2,3)35-23(32)29(16-34-11-12-37(6,7)8)22-28-25(4,18-13-17(15-30)9-10-19(18)27)20-14-26(20,36-22)21(31)33-5;1-20(17-9-21(17,18(28)29-2)30-19(25)27-20)13-7-11(3-5-14(13)23)8-15(24)16-6-4-12(22)10-26-16;14-8-5-6-10(16-7-8)12(15)21(18,19)13-17-9-3-1-2-4-11(9)20-13;1-5(2,3)4/h9-12,15-16,18,26H,13-14,17,19H2,1-8H3;9-10,13,15,20H,11-12,14,16H2,1-8H3;3-8,10,17H,9H2,1-2H3,(H2,25,27);1-7,12H;(H2,1,2,3,4)/b24-16-;;15-8-;;/t26-,31+,32-;20-,25+,26-;17-,20+,21-;;/m000../s1. The van der Waals surface area contributed by atoms with E-state index in [1.165, 1.54) is 153 Å². The fourth-order valence-corrected chi connectivity index (χ4v) is 24.1. The van der Waals surface area contributed by atoms with E-state index in [1.54, 1.807) is 86.6 Å². The first-order chi connectivity index (χ1) is 64.1. The predicted octanol–water partition coefficient (Wildman–Crippen LogP) is 21.3. The molecule has 0 bridgehead atoms. The lowest BCUT2D eigenvalue weighted by Crippen LogP contribution is -2.47. The first-order valence-corrected chi connectivity index (χ1v) is 57.3. The van der Waals surface area contributed by atoms with E-state index in [1.807, 2.05) is 0 Å². The van der Waals surface area contributed by atoms with Crippen molar-refractivity contribution in [1.82, 2.24) is 29.7 Å². The van der Waals surface area contributed by atoms with Crippen LogP contribution < -0.4 is 5.73 Å². The van der Waals surface area contributed by atoms with Gasteiger partial charge in [-0.3, -0.25) is 58.2 Å². The second kappa shape index (κ2) is 43.7. The molecule has 1 unspecified atom stereocenters. The van der Waals surface area contributed by atoms with Crippen LogP contribution in [0, 0.1) is 35.2 Å². The third kappa shape index (κ3) is 27.2. The molecular weight excluding hydrogens is 2020 g/mol. The molecule has 0 spiro atoms. The van der Waals surface area contributed by atoms with Gasteiger partial charge in [-0.2, -0.15) is 8.42 Å². The maximum Gasteiger partial charge on any atom is 0.418 e. The second-order valence-corrected chi connectivity index (χ2v) is 58.2. The number of thiazole rings is 1. The minimum absolute atomic E-state index is 0.0693. The molecule has 3 aliphatic carbocycles. The minimum atomic E-state index is -4.67. The van der Waals surface area contributed by atoms with Crippen LogP contribution in [0.15, 0.2) is 153 Å². The molecule has 29 nitrogen and oxygen atoms in total. The first-order valence-electron chi connectivity index (χ1n) is 42.5. The molecule has 2 amide bonds. The number of fused-ring (bicyclic) bond motifs is 4. The van der Waals surface area contributed by atoms with E-state index in [0.717, 1.165) is 58.7 Å². The van der Waals surface area contributed by atoms with Crippen LogP contribution in [-0.4, -0.2) is 197 Å². The number of sulfone groups is 1. The molecule has 4 N–H and O–H groups in total. The number of aromatic nitrogens is 4. The van der Waals surface area contributed by atoms with E-state index in [-0.39, 0.29) is 78.6 Å². The summed E-state index contributed by atoms with van der Waals surface area (Å²) in [5.74, 6) is -5.40. The number of benzene rings is 4. The summed E-state index contributed by atoms with van der Waals surface area (Å²) < 4.78 is 182. The number of nitrogens with two attached hydrogens (primary N) is 1. The lowest BCUT2D eigenvalue weighted by Gasteiger charge is -2.37. The number of carbonyl (C=O) groups excluding carboxylic acids is 6. The van der Waals surface area contributed by atoms with Gasteiger partial charge in [0.25, 0.3) is 0 Å². The third-order valence-corrected chi connectivity index (χ3v) is 33.8. The maximum absolute atomic E-state index is 15.7. The second-order valence-electron chi connectivity index (χ2n) is 37.6. The Hall–Kier alpha value is -9.20. The van der Waals surface area contributed by atoms with Gasteiger partial charge in [0.2, 0.25) is 19.7 Å². The van der Waals surface area contributed by atoms with Crippen LogP contribution in [0.1, 0.15) is 142 Å². The molecule has 3 aliphatic heterocycles. The maximum atomic E-state index is 15.7. The van der Waals surface area contributed by atoms with Gasteiger partial charge >= 0.3 is 40.5 Å². The predicted molar refractivity (Wildman–Crippen MR) is 529 cm³/mol. The number of alkyl halides is 1. The van der Waals surface area contributed by atoms with Crippen molar-refractivity contribution >= 4 is 204 Å². The average Bonchev–Trinajstić information content (AvgIpc) is 1.50. The lowest BCUT2D eigenvalue weighted by atomic mass is 9.84. The molecule has 4 aromatic heterocycles. The van der Waals surface area contributed by atoms with Crippen molar-refractivity contribution in [3.8, 4) is 0 Å². The Morgan fingerprint density at radius 1 is 0.551 bits per heavy atom. The van der Waals surface area contributed by atoms with Crippen molar-refractivity contribution in [2.45, 2.75) is 185 Å². The van der Waals surface area contributed by atoms with E-state index >= 15 is 13.2 Å². The number of halogens is 9. The van der Waals surface area contributed by atoms with Gasteiger partial charge in [-0.05, 0) is 208 Å². The molecule has 14 rings (SSSR count). The molecular formula is C92H105Cl3F6N10O19S6Si2. The molecule has 138 heavy (non-hydrogen) atoms. The number of rotatable bonds is 24. The van der Waals surface area contributed by atoms with Gasteiger partial charge < -0.3 is 38.9 Å². The van der Waals surface area contributed by atoms with E-state index in [4.69, 9.17) is 101 Å². The Morgan fingerprint density at radius 2 is 0.913 bits per heavy atom. The molecule has 744 valence electrons. The number of amides is 2. The molecule has 7 heterocycles. The highest BCUT2D eigenvalue weighted by Crippen LogP contribution is 2.70. The average molecular weight is 2120 g/mol. The molecule has 3 fully saturated rings. The minimum Gasteiger partial charge on any atom is -0.468 e. The fourth-order valence-electron chi connectivity index (χ4n) is 15.1. The summed E-state index contributed by atoms with van der Waals surface area (Å²) >= 11 is 21.6. The number of aliphatic imine (C=N–C) groups is 3. The third-order valence-electron chi connectivity index (χ3n) is 22.4. The number of ether oxygens (including phenoxy) is 7. The molecule has 3 saturated carbocycles. The van der Waals surface area contributed by atoms with Crippen LogP contribution >= 0.6 is 81.4 Å². The summed E-state index contributed by atoms with van der Waals surface area (Å²) in [5, 5.41) is 1.59. The summed E-state index contributed by atoms with van der Waals surface area (Å²) in [4.78, 5) is 109.